The van der Waals surface area contributed by atoms with Gasteiger partial charge in [-0.3, -0.25) is 9.69 Å². The van der Waals surface area contributed by atoms with Crippen LogP contribution < -0.4 is 10.2 Å². The number of pyridine rings is 1. The first-order valence-corrected chi connectivity index (χ1v) is 10.2. The van der Waals surface area contributed by atoms with Gasteiger partial charge in [-0.1, -0.05) is 29.8 Å². The largest absolute Gasteiger partial charge is 0.343 e. The summed E-state index contributed by atoms with van der Waals surface area (Å²) in [6.07, 6.45) is 5.24. The molecule has 3 heterocycles. The molecule has 0 bridgehead atoms. The maximum Gasteiger partial charge on any atom is 0.246 e. The summed E-state index contributed by atoms with van der Waals surface area (Å²) >= 11 is 5.99. The highest BCUT2D eigenvalue weighted by molar-refractivity contribution is 6.30. The van der Waals surface area contributed by atoms with E-state index in [0.717, 1.165) is 54.7 Å². The van der Waals surface area contributed by atoms with Crippen molar-refractivity contribution in [2.24, 2.45) is 0 Å². The predicted octanol–water partition coefficient (Wildman–Crippen LogP) is 4.19. The molecule has 1 amide bonds. The third-order valence-electron chi connectivity index (χ3n) is 5.56. The lowest BCUT2D eigenvalue weighted by Crippen LogP contribution is -2.46. The molecule has 0 radical (unpaired) electrons. The number of carbonyl (C=O) groups excluding carboxylic acids is 1. The Morgan fingerprint density at radius 2 is 2.07 bits per heavy atom. The predicted molar refractivity (Wildman–Crippen MR) is 115 cm³/mol. The third-order valence-corrected chi connectivity index (χ3v) is 5.81. The van der Waals surface area contributed by atoms with Gasteiger partial charge < -0.3 is 10.2 Å². The summed E-state index contributed by atoms with van der Waals surface area (Å²) in [6, 6.07) is 9.93. The number of nitrogens with one attached hydrogen (secondary N) is 1. The molecule has 0 fully saturated rings. The number of rotatable bonds is 4. The Morgan fingerprint density at radius 3 is 2.75 bits per heavy atom. The van der Waals surface area contributed by atoms with E-state index >= 15 is 0 Å². The number of likely N-dealkylation sites (N-methyl/N-ethyl adjacent to an activating group) is 1. The minimum atomic E-state index is -0.186. The number of nitrogens with zero attached hydrogens (tertiary/aromatic N) is 3. The lowest BCUT2D eigenvalue weighted by Gasteiger charge is -2.34. The molecule has 1 aromatic carbocycles. The van der Waals surface area contributed by atoms with Gasteiger partial charge in [0, 0.05) is 37.4 Å². The quantitative estimate of drug-likeness (QED) is 0.841. The van der Waals surface area contributed by atoms with Crippen molar-refractivity contribution in [2.45, 2.75) is 32.9 Å². The summed E-state index contributed by atoms with van der Waals surface area (Å²) < 4.78 is 0. The van der Waals surface area contributed by atoms with Gasteiger partial charge in [0.1, 0.15) is 6.04 Å². The van der Waals surface area contributed by atoms with Crippen LogP contribution in [0.2, 0.25) is 5.02 Å². The topological polar surface area (TPSA) is 48.5 Å². The zero-order valence-electron chi connectivity index (χ0n) is 16.3. The first-order chi connectivity index (χ1) is 13.5. The Balaban J connectivity index is 1.45. The van der Waals surface area contributed by atoms with Crippen molar-refractivity contribution in [3.8, 4) is 0 Å². The molecule has 0 saturated heterocycles. The zero-order valence-corrected chi connectivity index (χ0v) is 17.0. The van der Waals surface area contributed by atoms with Gasteiger partial charge in [0.15, 0.2) is 5.82 Å². The van der Waals surface area contributed by atoms with Crippen molar-refractivity contribution in [2.75, 3.05) is 29.9 Å². The van der Waals surface area contributed by atoms with Crippen molar-refractivity contribution >= 4 is 34.6 Å². The molecule has 28 heavy (non-hydrogen) atoms. The van der Waals surface area contributed by atoms with Crippen LogP contribution in [0.3, 0.4) is 0 Å². The molecule has 2 aliphatic heterocycles. The van der Waals surface area contributed by atoms with E-state index in [0.29, 0.717) is 0 Å². The lowest BCUT2D eigenvalue weighted by atomic mass is 9.99. The van der Waals surface area contributed by atoms with Gasteiger partial charge in [-0.2, -0.15) is 0 Å². The SMILES string of the molecule is CCN1c2ncc(CN3CC=C(c4ccc(Cl)cc4)CC3)cc2NC(=O)[C@@H]1C. The Hall–Kier alpha value is -2.37. The fourth-order valence-corrected chi connectivity index (χ4v) is 4.06. The number of hydrogen-bond acceptors (Lipinski definition) is 4. The minimum absolute atomic E-state index is 0.0295. The van der Waals surface area contributed by atoms with Crippen LogP contribution in [0.15, 0.2) is 42.6 Å². The number of anilines is 2. The van der Waals surface area contributed by atoms with Crippen LogP contribution in [0.1, 0.15) is 31.4 Å². The fourth-order valence-electron chi connectivity index (χ4n) is 3.93. The Bertz CT molecular complexity index is 909. The van der Waals surface area contributed by atoms with Crippen LogP contribution in [-0.2, 0) is 11.3 Å². The summed E-state index contributed by atoms with van der Waals surface area (Å²) in [5.41, 5.74) is 4.55. The molecule has 1 N–H and O–H groups in total. The van der Waals surface area contributed by atoms with E-state index in [2.05, 4.69) is 39.5 Å². The van der Waals surface area contributed by atoms with E-state index in [4.69, 9.17) is 11.6 Å². The van der Waals surface area contributed by atoms with Crippen LogP contribution in [0.4, 0.5) is 11.5 Å². The van der Waals surface area contributed by atoms with Crippen molar-refractivity contribution in [1.82, 2.24) is 9.88 Å². The second-order valence-electron chi connectivity index (χ2n) is 7.39. The molecule has 2 aliphatic rings. The highest BCUT2D eigenvalue weighted by Gasteiger charge is 2.29. The van der Waals surface area contributed by atoms with Gasteiger partial charge >= 0.3 is 0 Å². The summed E-state index contributed by atoms with van der Waals surface area (Å²) in [7, 11) is 0. The van der Waals surface area contributed by atoms with Crippen LogP contribution in [0.25, 0.3) is 5.57 Å². The van der Waals surface area contributed by atoms with Crippen LogP contribution in [0.5, 0.6) is 0 Å². The number of hydrogen-bond donors (Lipinski definition) is 1. The van der Waals surface area contributed by atoms with Crippen LogP contribution in [0, 0.1) is 0 Å². The number of fused-ring (bicyclic) bond motifs is 1. The van der Waals surface area contributed by atoms with Crippen molar-refractivity contribution < 1.29 is 4.79 Å². The van der Waals surface area contributed by atoms with Crippen LogP contribution in [-0.4, -0.2) is 41.5 Å². The number of amides is 1. The molecular formula is C22H25ClN4O. The van der Waals surface area contributed by atoms with E-state index in [1.54, 1.807) is 0 Å². The molecule has 0 unspecified atom stereocenters. The van der Waals surface area contributed by atoms with Crippen LogP contribution >= 0.6 is 11.6 Å². The highest BCUT2D eigenvalue weighted by atomic mass is 35.5. The van der Waals surface area contributed by atoms with E-state index in [9.17, 15) is 4.79 Å². The lowest BCUT2D eigenvalue weighted by molar-refractivity contribution is -0.117. The summed E-state index contributed by atoms with van der Waals surface area (Å²) in [6.45, 7) is 7.44. The zero-order chi connectivity index (χ0) is 19.7. The van der Waals surface area contributed by atoms with Gasteiger partial charge in [-0.25, -0.2) is 4.98 Å². The van der Waals surface area contributed by atoms with Gasteiger partial charge in [-0.15, -0.1) is 0 Å². The normalized spacial score (nSPS) is 19.8. The first kappa shape index (κ1) is 19.0. The molecule has 0 saturated carbocycles. The molecule has 6 heteroatoms. The smallest absolute Gasteiger partial charge is 0.246 e. The van der Waals surface area contributed by atoms with Gasteiger partial charge in [0.25, 0.3) is 0 Å². The molecule has 5 nitrogen and oxygen atoms in total. The molecule has 4 rings (SSSR count). The standard InChI is InChI=1S/C22H25ClN4O/c1-3-27-15(2)22(28)25-20-12-16(13-24-21(20)27)14-26-10-8-18(9-11-26)17-4-6-19(23)7-5-17/h4-8,12-13,15H,3,9-11,14H2,1-2H3,(H,25,28)/t15-/m0/s1. The monoisotopic (exact) mass is 396 g/mol. The highest BCUT2D eigenvalue weighted by Crippen LogP contribution is 2.31. The number of halogens is 1. The molecule has 146 valence electrons. The van der Waals surface area contributed by atoms with Crippen molar-refractivity contribution in [1.29, 1.82) is 0 Å². The van der Waals surface area contributed by atoms with Crippen molar-refractivity contribution in [3.63, 3.8) is 0 Å². The molecule has 1 atom stereocenters. The Kier molecular flexibility index (Phi) is 5.38. The van der Waals surface area contributed by atoms with E-state index in [1.807, 2.05) is 37.1 Å². The first-order valence-electron chi connectivity index (χ1n) is 9.79. The summed E-state index contributed by atoms with van der Waals surface area (Å²) in [5.74, 6) is 0.892. The summed E-state index contributed by atoms with van der Waals surface area (Å²) in [4.78, 5) is 21.3. The van der Waals surface area contributed by atoms with Gasteiger partial charge in [0.2, 0.25) is 5.91 Å². The Labute approximate surface area is 171 Å². The van der Waals surface area contributed by atoms with E-state index in [-0.39, 0.29) is 11.9 Å². The molecule has 2 aromatic rings. The number of benzene rings is 1. The molecular weight excluding hydrogens is 372 g/mol. The van der Waals surface area contributed by atoms with Gasteiger partial charge in [0.05, 0.1) is 5.69 Å². The fraction of sp³-hybridized carbons (Fsp3) is 0.364. The average Bonchev–Trinajstić information content (AvgIpc) is 2.70. The molecule has 0 aliphatic carbocycles. The maximum atomic E-state index is 12.2. The van der Waals surface area contributed by atoms with E-state index < -0.39 is 0 Å². The Morgan fingerprint density at radius 1 is 1.29 bits per heavy atom. The average molecular weight is 397 g/mol. The molecule has 0 spiro atoms. The molecule has 1 aromatic heterocycles. The van der Waals surface area contributed by atoms with E-state index in [1.165, 1.54) is 11.1 Å². The van der Waals surface area contributed by atoms with Gasteiger partial charge in [-0.05, 0) is 55.2 Å². The second kappa shape index (κ2) is 7.94. The third kappa shape index (κ3) is 3.77. The number of aromatic nitrogens is 1. The summed E-state index contributed by atoms with van der Waals surface area (Å²) in [5, 5.41) is 3.77. The number of carbonyl (C=O) groups is 1. The maximum absolute atomic E-state index is 12.2. The second-order valence-corrected chi connectivity index (χ2v) is 7.82. The van der Waals surface area contributed by atoms with Crippen molar-refractivity contribution in [3.05, 3.63) is 58.8 Å². The minimum Gasteiger partial charge on any atom is -0.343 e.